The molecule has 4 rings (SSSR count). The van der Waals surface area contributed by atoms with Gasteiger partial charge in [-0.3, -0.25) is 0 Å². The highest BCUT2D eigenvalue weighted by Gasteiger charge is 2.24. The normalized spacial score (nSPS) is 16.8. The Hall–Kier alpha value is -2.51. The number of methoxy groups -OCH3 is 1. The fourth-order valence-corrected chi connectivity index (χ4v) is 3.92. The lowest BCUT2D eigenvalue weighted by Crippen LogP contribution is -2.21. The van der Waals surface area contributed by atoms with Crippen LogP contribution >= 0.6 is 11.3 Å². The molecule has 1 unspecified atom stereocenters. The second kappa shape index (κ2) is 7.39. The molecule has 1 aliphatic heterocycles. The van der Waals surface area contributed by atoms with Gasteiger partial charge in [0, 0.05) is 32.6 Å². The maximum Gasteiger partial charge on any atom is 0.185 e. The first-order valence-corrected chi connectivity index (χ1v) is 9.43. The van der Waals surface area contributed by atoms with Crippen LogP contribution in [0.4, 0.5) is 16.8 Å². The number of ether oxygens (including phenoxy) is 1. The number of rotatable bonds is 5. The number of aryl methyl sites for hydroxylation is 1. The van der Waals surface area contributed by atoms with Crippen molar-refractivity contribution >= 4 is 28.1 Å². The largest absolute Gasteiger partial charge is 0.380 e. The van der Waals surface area contributed by atoms with Gasteiger partial charge in [0.15, 0.2) is 5.13 Å². The first-order valence-electron chi connectivity index (χ1n) is 8.62. The van der Waals surface area contributed by atoms with Crippen molar-refractivity contribution < 1.29 is 4.74 Å². The first kappa shape index (κ1) is 16.9. The van der Waals surface area contributed by atoms with Gasteiger partial charge in [-0.1, -0.05) is 17.4 Å². The number of hydrogen-bond donors (Lipinski definition) is 1. The quantitative estimate of drug-likeness (QED) is 0.738. The molecule has 0 spiro atoms. The molecule has 3 aromatic heterocycles. The van der Waals surface area contributed by atoms with E-state index in [1.807, 2.05) is 43.5 Å². The minimum absolute atomic E-state index is 0.301. The van der Waals surface area contributed by atoms with Gasteiger partial charge in [0.25, 0.3) is 0 Å². The first-order chi connectivity index (χ1) is 12.7. The fraction of sp³-hybridized carbons (Fsp3) is 0.316. The van der Waals surface area contributed by atoms with Crippen LogP contribution in [0.5, 0.6) is 0 Å². The lowest BCUT2D eigenvalue weighted by atomic mass is 10.3. The summed E-state index contributed by atoms with van der Waals surface area (Å²) in [6.45, 7) is 3.93. The molecule has 26 heavy (non-hydrogen) atoms. The van der Waals surface area contributed by atoms with E-state index in [2.05, 4.69) is 20.2 Å². The summed E-state index contributed by atoms with van der Waals surface area (Å²) in [4.78, 5) is 17.0. The second-order valence-electron chi connectivity index (χ2n) is 6.35. The Balaban J connectivity index is 1.52. The van der Waals surface area contributed by atoms with Crippen molar-refractivity contribution in [2.45, 2.75) is 19.4 Å². The number of thiazole rings is 1. The highest BCUT2D eigenvalue weighted by atomic mass is 32.1. The van der Waals surface area contributed by atoms with E-state index in [1.54, 1.807) is 24.6 Å². The summed E-state index contributed by atoms with van der Waals surface area (Å²) in [6, 6.07) is 9.92. The van der Waals surface area contributed by atoms with Crippen LogP contribution in [0.15, 0.2) is 42.7 Å². The molecule has 1 aliphatic rings. The summed E-state index contributed by atoms with van der Waals surface area (Å²) >= 11 is 1.67. The SMILES string of the molecule is COC1CCN(c2ncc(-c3cccc(Nc4cc(C)ccn4)n3)s2)C1. The zero-order valence-corrected chi connectivity index (χ0v) is 15.7. The maximum absolute atomic E-state index is 5.44. The molecular weight excluding hydrogens is 346 g/mol. The van der Waals surface area contributed by atoms with Crippen LogP contribution in [-0.4, -0.2) is 41.3 Å². The van der Waals surface area contributed by atoms with E-state index in [9.17, 15) is 0 Å². The van der Waals surface area contributed by atoms with E-state index >= 15 is 0 Å². The van der Waals surface area contributed by atoms with Crippen molar-refractivity contribution in [2.24, 2.45) is 0 Å². The molecule has 0 amide bonds. The van der Waals surface area contributed by atoms with Gasteiger partial charge in [-0.15, -0.1) is 0 Å². The van der Waals surface area contributed by atoms with Gasteiger partial charge in [0.05, 0.1) is 16.7 Å². The highest BCUT2D eigenvalue weighted by molar-refractivity contribution is 7.18. The van der Waals surface area contributed by atoms with E-state index < -0.39 is 0 Å². The number of pyridine rings is 2. The van der Waals surface area contributed by atoms with Crippen LogP contribution < -0.4 is 10.2 Å². The van der Waals surface area contributed by atoms with Crippen LogP contribution in [-0.2, 0) is 4.74 Å². The minimum Gasteiger partial charge on any atom is -0.380 e. The van der Waals surface area contributed by atoms with Gasteiger partial charge in [-0.2, -0.15) is 0 Å². The average molecular weight is 367 g/mol. The Labute approximate surface area is 156 Å². The second-order valence-corrected chi connectivity index (χ2v) is 7.36. The van der Waals surface area contributed by atoms with Gasteiger partial charge in [0.1, 0.15) is 11.6 Å². The minimum atomic E-state index is 0.301. The Bertz CT molecular complexity index is 897. The molecule has 7 heteroatoms. The molecule has 1 atom stereocenters. The summed E-state index contributed by atoms with van der Waals surface area (Å²) in [6.07, 6.45) is 5.04. The van der Waals surface area contributed by atoms with Crippen molar-refractivity contribution in [3.63, 3.8) is 0 Å². The molecule has 4 heterocycles. The molecular formula is C19H21N5OS. The Morgan fingerprint density at radius 2 is 2.15 bits per heavy atom. The third-order valence-corrected chi connectivity index (χ3v) is 5.50. The van der Waals surface area contributed by atoms with Crippen LogP contribution in [0.1, 0.15) is 12.0 Å². The Morgan fingerprint density at radius 3 is 2.96 bits per heavy atom. The molecule has 0 aromatic carbocycles. The lowest BCUT2D eigenvalue weighted by molar-refractivity contribution is 0.121. The van der Waals surface area contributed by atoms with Crippen molar-refractivity contribution in [3.8, 4) is 10.6 Å². The van der Waals surface area contributed by atoms with Crippen LogP contribution in [0.3, 0.4) is 0 Å². The Morgan fingerprint density at radius 1 is 1.23 bits per heavy atom. The third-order valence-electron chi connectivity index (χ3n) is 4.42. The van der Waals surface area contributed by atoms with E-state index in [4.69, 9.17) is 9.72 Å². The topological polar surface area (TPSA) is 63.2 Å². The number of nitrogens with zero attached hydrogens (tertiary/aromatic N) is 4. The predicted molar refractivity (Wildman–Crippen MR) is 105 cm³/mol. The van der Waals surface area contributed by atoms with Crippen LogP contribution in [0, 0.1) is 6.92 Å². The van der Waals surface area contributed by atoms with E-state index in [0.717, 1.165) is 52.4 Å². The molecule has 0 saturated carbocycles. The molecule has 134 valence electrons. The maximum atomic E-state index is 5.44. The average Bonchev–Trinajstić information content (AvgIpc) is 3.31. The van der Waals surface area contributed by atoms with Gasteiger partial charge < -0.3 is 15.0 Å². The molecule has 6 nitrogen and oxygen atoms in total. The predicted octanol–water partition coefficient (Wildman–Crippen LogP) is 3.88. The van der Waals surface area contributed by atoms with Gasteiger partial charge in [-0.05, 0) is 43.2 Å². The summed E-state index contributed by atoms with van der Waals surface area (Å²) in [5, 5.41) is 4.29. The number of hydrogen-bond acceptors (Lipinski definition) is 7. The summed E-state index contributed by atoms with van der Waals surface area (Å²) in [5.41, 5.74) is 2.07. The van der Waals surface area contributed by atoms with Gasteiger partial charge in [-0.25, -0.2) is 15.0 Å². The molecule has 3 aromatic rings. The van der Waals surface area contributed by atoms with E-state index in [-0.39, 0.29) is 0 Å². The summed E-state index contributed by atoms with van der Waals surface area (Å²) in [7, 11) is 1.77. The number of aromatic nitrogens is 3. The molecule has 1 fully saturated rings. The molecule has 1 N–H and O–H groups in total. The number of nitrogens with one attached hydrogen (secondary N) is 1. The van der Waals surface area contributed by atoms with E-state index in [0.29, 0.717) is 6.10 Å². The summed E-state index contributed by atoms with van der Waals surface area (Å²) in [5.74, 6) is 1.57. The molecule has 1 saturated heterocycles. The number of anilines is 3. The fourth-order valence-electron chi connectivity index (χ4n) is 3.00. The smallest absolute Gasteiger partial charge is 0.185 e. The lowest BCUT2D eigenvalue weighted by Gasteiger charge is -2.13. The summed E-state index contributed by atoms with van der Waals surface area (Å²) < 4.78 is 5.44. The Kier molecular flexibility index (Phi) is 4.81. The van der Waals surface area contributed by atoms with Crippen molar-refractivity contribution in [2.75, 3.05) is 30.4 Å². The van der Waals surface area contributed by atoms with Crippen LogP contribution in [0.25, 0.3) is 10.6 Å². The molecule has 0 aliphatic carbocycles. The van der Waals surface area contributed by atoms with Gasteiger partial charge in [0.2, 0.25) is 0 Å². The monoisotopic (exact) mass is 367 g/mol. The van der Waals surface area contributed by atoms with Crippen LogP contribution in [0.2, 0.25) is 0 Å². The molecule has 0 bridgehead atoms. The van der Waals surface area contributed by atoms with Gasteiger partial charge >= 0.3 is 0 Å². The highest BCUT2D eigenvalue weighted by Crippen LogP contribution is 2.32. The third kappa shape index (κ3) is 3.68. The van der Waals surface area contributed by atoms with E-state index in [1.165, 1.54) is 0 Å². The zero-order chi connectivity index (χ0) is 17.9. The van der Waals surface area contributed by atoms with Crippen molar-refractivity contribution in [1.82, 2.24) is 15.0 Å². The standard InChI is InChI=1S/C19H21N5OS/c1-13-6-8-20-18(10-13)23-17-5-3-4-15(22-17)16-11-21-19(26-16)24-9-7-14(12-24)25-2/h3-6,8,10-11,14H,7,9,12H2,1-2H3,(H,20,22,23). The zero-order valence-electron chi connectivity index (χ0n) is 14.8. The molecule has 0 radical (unpaired) electrons. The van der Waals surface area contributed by atoms with Crippen molar-refractivity contribution in [3.05, 3.63) is 48.3 Å². The van der Waals surface area contributed by atoms with Crippen molar-refractivity contribution in [1.29, 1.82) is 0 Å².